The molecule has 0 saturated heterocycles. The first-order chi connectivity index (χ1) is 13.5. The smallest absolute Gasteiger partial charge is 0.307 e. The van der Waals surface area contributed by atoms with Crippen LogP contribution in [0.25, 0.3) is 0 Å². The first-order valence-electron chi connectivity index (χ1n) is 9.09. The summed E-state index contributed by atoms with van der Waals surface area (Å²) in [6.45, 7) is 3.95. The van der Waals surface area contributed by atoms with Crippen molar-refractivity contribution in [2.75, 3.05) is 11.4 Å². The van der Waals surface area contributed by atoms with Crippen molar-refractivity contribution >= 4 is 34.9 Å². The molecule has 1 atom stereocenters. The lowest BCUT2D eigenvalue weighted by Gasteiger charge is -2.24. The van der Waals surface area contributed by atoms with E-state index in [0.29, 0.717) is 29.2 Å². The van der Waals surface area contributed by atoms with Gasteiger partial charge in [-0.15, -0.1) is 0 Å². The average molecular weight is 403 g/mol. The third-order valence-corrected chi connectivity index (χ3v) is 4.57. The Morgan fingerprint density at radius 1 is 1.21 bits per heavy atom. The third kappa shape index (κ3) is 3.92. The first-order valence-corrected chi connectivity index (χ1v) is 9.47. The highest BCUT2D eigenvalue weighted by Gasteiger charge is 2.34. The molecule has 28 heavy (non-hydrogen) atoms. The Morgan fingerprint density at radius 2 is 1.96 bits per heavy atom. The van der Waals surface area contributed by atoms with Crippen molar-refractivity contribution in [2.24, 2.45) is 4.99 Å². The van der Waals surface area contributed by atoms with Crippen LogP contribution in [0.5, 0.6) is 0 Å². The van der Waals surface area contributed by atoms with Gasteiger partial charge in [-0.25, -0.2) is 9.38 Å². The lowest BCUT2D eigenvalue weighted by Crippen LogP contribution is -2.40. The van der Waals surface area contributed by atoms with Crippen LogP contribution in [0.3, 0.4) is 0 Å². The summed E-state index contributed by atoms with van der Waals surface area (Å²) in [5, 5.41) is 0.427. The van der Waals surface area contributed by atoms with Gasteiger partial charge in [-0.2, -0.15) is 0 Å². The molecule has 1 unspecified atom stereocenters. The van der Waals surface area contributed by atoms with E-state index in [1.807, 2.05) is 6.92 Å². The van der Waals surface area contributed by atoms with E-state index in [9.17, 15) is 14.0 Å². The number of hydrogen-bond acceptors (Lipinski definition) is 4. The maximum absolute atomic E-state index is 14.6. The number of anilines is 1. The molecule has 1 aliphatic heterocycles. The molecule has 0 N–H and O–H groups in total. The van der Waals surface area contributed by atoms with Crippen LogP contribution in [0, 0.1) is 5.82 Å². The Hall–Kier alpha value is -2.73. The number of halogens is 2. The lowest BCUT2D eigenvalue weighted by atomic mass is 9.99. The standard InChI is InChI=1S/C21H20ClFN2O3/c1-3-11-25-17-10-9-13(22)12-15(17)19(14-7-5-6-8-16(14)23)24-20(21(25)27)28-18(26)4-2/h5-10,12,20H,3-4,11H2,1-2H3. The van der Waals surface area contributed by atoms with E-state index in [1.54, 1.807) is 43.3 Å². The lowest BCUT2D eigenvalue weighted by molar-refractivity contribution is -0.154. The molecule has 1 heterocycles. The molecule has 0 radical (unpaired) electrons. The monoisotopic (exact) mass is 402 g/mol. The first kappa shape index (κ1) is 20.0. The van der Waals surface area contributed by atoms with E-state index in [0.717, 1.165) is 0 Å². The van der Waals surface area contributed by atoms with E-state index >= 15 is 0 Å². The summed E-state index contributed by atoms with van der Waals surface area (Å²) < 4.78 is 19.9. The van der Waals surface area contributed by atoms with Gasteiger partial charge in [0.1, 0.15) is 5.82 Å². The minimum absolute atomic E-state index is 0.0981. The van der Waals surface area contributed by atoms with Crippen LogP contribution in [0.1, 0.15) is 37.8 Å². The fourth-order valence-corrected chi connectivity index (χ4v) is 3.21. The number of fused-ring (bicyclic) bond motifs is 1. The van der Waals surface area contributed by atoms with Crippen molar-refractivity contribution in [1.29, 1.82) is 0 Å². The number of amides is 1. The predicted molar refractivity (Wildman–Crippen MR) is 106 cm³/mol. The fourth-order valence-electron chi connectivity index (χ4n) is 3.03. The third-order valence-electron chi connectivity index (χ3n) is 4.34. The second-order valence-electron chi connectivity index (χ2n) is 6.30. The van der Waals surface area contributed by atoms with Crippen molar-refractivity contribution in [3.63, 3.8) is 0 Å². The number of carbonyl (C=O) groups is 2. The Morgan fingerprint density at radius 3 is 2.64 bits per heavy atom. The van der Waals surface area contributed by atoms with E-state index in [2.05, 4.69) is 4.99 Å². The van der Waals surface area contributed by atoms with Crippen LogP contribution < -0.4 is 4.90 Å². The number of benzene rings is 2. The number of carbonyl (C=O) groups excluding carboxylic acids is 2. The summed E-state index contributed by atoms with van der Waals surface area (Å²) >= 11 is 6.19. The highest BCUT2D eigenvalue weighted by Crippen LogP contribution is 2.32. The Balaban J connectivity index is 2.25. The summed E-state index contributed by atoms with van der Waals surface area (Å²) in [5.74, 6) is -1.53. The van der Waals surface area contributed by atoms with Gasteiger partial charge in [0.2, 0.25) is 0 Å². The Kier molecular flexibility index (Phi) is 6.09. The van der Waals surface area contributed by atoms with Gasteiger partial charge in [0.05, 0.1) is 11.4 Å². The van der Waals surface area contributed by atoms with E-state index < -0.39 is 23.9 Å². The normalized spacial score (nSPS) is 16.3. The van der Waals surface area contributed by atoms with E-state index in [4.69, 9.17) is 16.3 Å². The van der Waals surface area contributed by atoms with Crippen molar-refractivity contribution < 1.29 is 18.7 Å². The molecular weight excluding hydrogens is 383 g/mol. The van der Waals surface area contributed by atoms with Gasteiger partial charge in [0.15, 0.2) is 0 Å². The van der Waals surface area contributed by atoms with E-state index in [1.165, 1.54) is 11.0 Å². The summed E-state index contributed by atoms with van der Waals surface area (Å²) in [6, 6.07) is 11.1. The minimum atomic E-state index is -1.39. The quantitative estimate of drug-likeness (QED) is 0.698. The zero-order chi connectivity index (χ0) is 20.3. The van der Waals surface area contributed by atoms with Gasteiger partial charge in [-0.05, 0) is 36.8 Å². The van der Waals surface area contributed by atoms with Gasteiger partial charge in [0, 0.05) is 29.1 Å². The van der Waals surface area contributed by atoms with Crippen LogP contribution in [0.15, 0.2) is 47.5 Å². The highest BCUT2D eigenvalue weighted by molar-refractivity contribution is 6.32. The number of aliphatic imine (C=N–C) groups is 1. The van der Waals surface area contributed by atoms with Crippen molar-refractivity contribution in [1.82, 2.24) is 0 Å². The molecule has 0 spiro atoms. The number of benzodiazepines with no additional fused rings is 1. The topological polar surface area (TPSA) is 59.0 Å². The van der Waals surface area contributed by atoms with Gasteiger partial charge < -0.3 is 9.64 Å². The SMILES string of the molecule is CCCN1C(=O)C(OC(=O)CC)N=C(c2ccccc2F)c2cc(Cl)ccc21. The minimum Gasteiger partial charge on any atom is -0.430 e. The number of hydrogen-bond donors (Lipinski definition) is 0. The molecule has 0 saturated carbocycles. The Bertz CT molecular complexity index is 945. The molecule has 0 bridgehead atoms. The van der Waals surface area contributed by atoms with Crippen LogP contribution in [-0.2, 0) is 14.3 Å². The fraction of sp³-hybridized carbons (Fsp3) is 0.286. The second kappa shape index (κ2) is 8.52. The predicted octanol–water partition coefficient (Wildman–Crippen LogP) is 4.35. The largest absolute Gasteiger partial charge is 0.430 e. The zero-order valence-corrected chi connectivity index (χ0v) is 16.4. The molecule has 0 aliphatic carbocycles. The molecule has 1 aliphatic rings. The molecule has 2 aromatic carbocycles. The van der Waals surface area contributed by atoms with Gasteiger partial charge >= 0.3 is 5.97 Å². The van der Waals surface area contributed by atoms with Crippen molar-refractivity contribution in [3.8, 4) is 0 Å². The molecule has 5 nitrogen and oxygen atoms in total. The molecule has 146 valence electrons. The summed E-state index contributed by atoms with van der Waals surface area (Å²) in [5.41, 5.74) is 1.48. The van der Waals surface area contributed by atoms with Crippen LogP contribution >= 0.6 is 11.6 Å². The maximum Gasteiger partial charge on any atom is 0.307 e. The zero-order valence-electron chi connectivity index (χ0n) is 15.6. The molecule has 3 rings (SSSR count). The van der Waals surface area contributed by atoms with Crippen LogP contribution in [0.4, 0.5) is 10.1 Å². The Labute approximate surface area is 167 Å². The summed E-state index contributed by atoms with van der Waals surface area (Å²) in [7, 11) is 0. The molecule has 2 aromatic rings. The number of rotatable bonds is 5. The van der Waals surface area contributed by atoms with Crippen molar-refractivity contribution in [3.05, 3.63) is 64.4 Å². The van der Waals surface area contributed by atoms with Crippen LogP contribution in [0.2, 0.25) is 5.02 Å². The molecular formula is C21H20ClFN2O3. The summed E-state index contributed by atoms with van der Waals surface area (Å²) in [6.07, 6.45) is -0.613. The number of nitrogens with zero attached hydrogens (tertiary/aromatic N) is 2. The molecule has 7 heteroatoms. The van der Waals surface area contributed by atoms with Gasteiger partial charge in [-0.1, -0.05) is 37.6 Å². The van der Waals surface area contributed by atoms with E-state index in [-0.39, 0.29) is 17.7 Å². The molecule has 0 fully saturated rings. The maximum atomic E-state index is 14.6. The highest BCUT2D eigenvalue weighted by atomic mass is 35.5. The second-order valence-corrected chi connectivity index (χ2v) is 6.74. The number of esters is 1. The van der Waals surface area contributed by atoms with Crippen LogP contribution in [-0.4, -0.2) is 30.4 Å². The van der Waals surface area contributed by atoms with Crippen molar-refractivity contribution in [2.45, 2.75) is 32.9 Å². The molecule has 1 amide bonds. The number of ether oxygens (including phenoxy) is 1. The average Bonchev–Trinajstić information content (AvgIpc) is 2.79. The van der Waals surface area contributed by atoms with Gasteiger partial charge in [0.25, 0.3) is 12.1 Å². The van der Waals surface area contributed by atoms with Gasteiger partial charge in [-0.3, -0.25) is 9.59 Å². The summed E-state index contributed by atoms with van der Waals surface area (Å²) in [4.78, 5) is 30.9. The molecule has 0 aromatic heterocycles.